The Labute approximate surface area is 126 Å². The fourth-order valence-corrected chi connectivity index (χ4v) is 2.28. The molecular formula is C18H22N2O. The zero-order valence-corrected chi connectivity index (χ0v) is 12.9. The van der Waals surface area contributed by atoms with Gasteiger partial charge in [-0.25, -0.2) is 0 Å². The number of nitrogen functional groups attached to an aromatic ring is 1. The molecule has 2 rings (SSSR count). The lowest BCUT2D eigenvalue weighted by molar-refractivity contribution is 0.0752. The maximum absolute atomic E-state index is 12.6. The van der Waals surface area contributed by atoms with Crippen LogP contribution in [0, 0.1) is 13.8 Å². The van der Waals surface area contributed by atoms with Gasteiger partial charge in [0.2, 0.25) is 0 Å². The second-order valence-corrected chi connectivity index (χ2v) is 5.32. The van der Waals surface area contributed by atoms with Gasteiger partial charge >= 0.3 is 0 Å². The summed E-state index contributed by atoms with van der Waals surface area (Å²) in [6.07, 6.45) is 0. The predicted octanol–water partition coefficient (Wildman–Crippen LogP) is 3.55. The molecule has 0 heterocycles. The summed E-state index contributed by atoms with van der Waals surface area (Å²) >= 11 is 0. The zero-order chi connectivity index (χ0) is 15.4. The predicted molar refractivity (Wildman–Crippen MR) is 87.2 cm³/mol. The van der Waals surface area contributed by atoms with Crippen molar-refractivity contribution in [3.8, 4) is 0 Å². The lowest BCUT2D eigenvalue weighted by atomic mass is 10.1. The summed E-state index contributed by atoms with van der Waals surface area (Å²) in [4.78, 5) is 14.5. The number of hydrogen-bond acceptors (Lipinski definition) is 2. The summed E-state index contributed by atoms with van der Waals surface area (Å²) < 4.78 is 0. The lowest BCUT2D eigenvalue weighted by Crippen LogP contribution is -2.30. The van der Waals surface area contributed by atoms with E-state index in [2.05, 4.69) is 19.1 Å². The number of carbonyl (C=O) groups is 1. The summed E-state index contributed by atoms with van der Waals surface area (Å²) in [6.45, 7) is 7.29. The third-order valence-corrected chi connectivity index (χ3v) is 3.82. The van der Waals surface area contributed by atoms with Crippen LogP contribution in [0.15, 0.2) is 42.5 Å². The van der Waals surface area contributed by atoms with Gasteiger partial charge in [0, 0.05) is 24.3 Å². The number of anilines is 1. The Morgan fingerprint density at radius 1 is 1.10 bits per heavy atom. The van der Waals surface area contributed by atoms with E-state index in [1.165, 1.54) is 11.1 Å². The van der Waals surface area contributed by atoms with Crippen LogP contribution in [0.5, 0.6) is 0 Å². The molecule has 0 aromatic heterocycles. The molecule has 0 saturated carbocycles. The minimum Gasteiger partial charge on any atom is -0.398 e. The van der Waals surface area contributed by atoms with Gasteiger partial charge < -0.3 is 10.6 Å². The first-order chi connectivity index (χ1) is 10.0. The van der Waals surface area contributed by atoms with Crippen LogP contribution in [0.3, 0.4) is 0 Å². The topological polar surface area (TPSA) is 46.3 Å². The van der Waals surface area contributed by atoms with Crippen LogP contribution in [0.4, 0.5) is 5.69 Å². The highest BCUT2D eigenvalue weighted by Crippen LogP contribution is 2.17. The molecule has 0 aliphatic heterocycles. The summed E-state index contributed by atoms with van der Waals surface area (Å²) in [6, 6.07) is 13.6. The fourth-order valence-electron chi connectivity index (χ4n) is 2.28. The Balaban J connectivity index is 2.22. The number of hydrogen-bond donors (Lipinski definition) is 1. The van der Waals surface area contributed by atoms with Gasteiger partial charge in [-0.2, -0.15) is 0 Å². The van der Waals surface area contributed by atoms with Crippen LogP contribution in [0.25, 0.3) is 0 Å². The first-order valence-electron chi connectivity index (χ1n) is 7.22. The molecule has 0 aliphatic rings. The number of nitrogens with zero attached hydrogens (tertiary/aromatic N) is 1. The normalized spacial score (nSPS) is 10.4. The van der Waals surface area contributed by atoms with E-state index in [0.717, 1.165) is 5.56 Å². The molecule has 0 bridgehead atoms. The first kappa shape index (κ1) is 15.1. The molecule has 2 N–H and O–H groups in total. The average molecular weight is 282 g/mol. The Morgan fingerprint density at radius 2 is 1.81 bits per heavy atom. The van der Waals surface area contributed by atoms with E-state index in [0.29, 0.717) is 24.3 Å². The largest absolute Gasteiger partial charge is 0.398 e. The molecule has 1 amide bonds. The number of aryl methyl sites for hydroxylation is 2. The van der Waals surface area contributed by atoms with Crippen molar-refractivity contribution in [1.82, 2.24) is 4.90 Å². The molecule has 3 heteroatoms. The summed E-state index contributed by atoms with van der Waals surface area (Å²) in [5.74, 6) is 0.0208. The molecule has 21 heavy (non-hydrogen) atoms. The number of nitrogens with two attached hydrogens (primary N) is 1. The molecule has 2 aromatic carbocycles. The van der Waals surface area contributed by atoms with Crippen LogP contribution in [-0.4, -0.2) is 17.4 Å². The highest BCUT2D eigenvalue weighted by molar-refractivity contribution is 5.95. The van der Waals surface area contributed by atoms with Crippen molar-refractivity contribution in [3.05, 3.63) is 64.7 Å². The van der Waals surface area contributed by atoms with Crippen molar-refractivity contribution in [2.45, 2.75) is 27.3 Å². The molecule has 0 saturated heterocycles. The van der Waals surface area contributed by atoms with Gasteiger partial charge in [0.25, 0.3) is 5.91 Å². The number of carbonyl (C=O) groups excluding carboxylic acids is 1. The molecule has 110 valence electrons. The van der Waals surface area contributed by atoms with E-state index >= 15 is 0 Å². The van der Waals surface area contributed by atoms with E-state index < -0.39 is 0 Å². The monoisotopic (exact) mass is 282 g/mol. The minimum absolute atomic E-state index is 0.0208. The molecular weight excluding hydrogens is 260 g/mol. The van der Waals surface area contributed by atoms with Crippen LogP contribution in [-0.2, 0) is 6.54 Å². The third-order valence-electron chi connectivity index (χ3n) is 3.82. The van der Waals surface area contributed by atoms with Crippen LogP contribution in [0.2, 0.25) is 0 Å². The second-order valence-electron chi connectivity index (χ2n) is 5.32. The molecule has 2 aromatic rings. The Hall–Kier alpha value is -2.29. The molecule has 0 atom stereocenters. The van der Waals surface area contributed by atoms with Crippen molar-refractivity contribution >= 4 is 11.6 Å². The highest BCUT2D eigenvalue weighted by Gasteiger charge is 2.15. The van der Waals surface area contributed by atoms with Gasteiger partial charge in [0.15, 0.2) is 0 Å². The van der Waals surface area contributed by atoms with Crippen molar-refractivity contribution < 1.29 is 4.79 Å². The van der Waals surface area contributed by atoms with Gasteiger partial charge in [0.05, 0.1) is 0 Å². The van der Waals surface area contributed by atoms with E-state index in [4.69, 9.17) is 5.73 Å². The van der Waals surface area contributed by atoms with E-state index in [-0.39, 0.29) is 5.91 Å². The number of rotatable bonds is 4. The number of amides is 1. The fraction of sp³-hybridized carbons (Fsp3) is 0.278. The SMILES string of the molecule is CCN(Cc1ccccc1C)C(=O)c1ccc(C)c(N)c1. The molecule has 0 aliphatic carbocycles. The Kier molecular flexibility index (Phi) is 4.63. The minimum atomic E-state index is 0.0208. The van der Waals surface area contributed by atoms with Crippen LogP contribution < -0.4 is 5.73 Å². The first-order valence-corrected chi connectivity index (χ1v) is 7.22. The maximum atomic E-state index is 12.6. The quantitative estimate of drug-likeness (QED) is 0.872. The van der Waals surface area contributed by atoms with Crippen molar-refractivity contribution in [2.75, 3.05) is 12.3 Å². The van der Waals surface area contributed by atoms with E-state index in [1.54, 1.807) is 6.07 Å². The van der Waals surface area contributed by atoms with Gasteiger partial charge in [-0.3, -0.25) is 4.79 Å². The molecule has 3 nitrogen and oxygen atoms in total. The summed E-state index contributed by atoms with van der Waals surface area (Å²) in [7, 11) is 0. The maximum Gasteiger partial charge on any atom is 0.254 e. The molecule has 0 unspecified atom stereocenters. The average Bonchev–Trinajstić information content (AvgIpc) is 2.48. The Bertz CT molecular complexity index is 649. The van der Waals surface area contributed by atoms with E-state index in [1.807, 2.05) is 43.0 Å². The van der Waals surface area contributed by atoms with Gasteiger partial charge in [-0.1, -0.05) is 30.3 Å². The van der Waals surface area contributed by atoms with Gasteiger partial charge in [-0.05, 0) is 49.6 Å². The summed E-state index contributed by atoms with van der Waals surface area (Å²) in [5, 5.41) is 0. The zero-order valence-electron chi connectivity index (χ0n) is 12.9. The van der Waals surface area contributed by atoms with Crippen LogP contribution in [0.1, 0.15) is 34.0 Å². The summed E-state index contributed by atoms with van der Waals surface area (Å²) in [5.41, 5.74) is 10.6. The van der Waals surface area contributed by atoms with Gasteiger partial charge in [0.1, 0.15) is 0 Å². The standard InChI is InChI=1S/C18H22N2O/c1-4-20(12-16-8-6-5-7-13(16)2)18(21)15-10-9-14(3)17(19)11-15/h5-11H,4,12,19H2,1-3H3. The van der Waals surface area contributed by atoms with Crippen molar-refractivity contribution in [1.29, 1.82) is 0 Å². The van der Waals surface area contributed by atoms with Gasteiger partial charge in [-0.15, -0.1) is 0 Å². The molecule has 0 fully saturated rings. The third kappa shape index (κ3) is 3.43. The van der Waals surface area contributed by atoms with E-state index in [9.17, 15) is 4.79 Å². The van der Waals surface area contributed by atoms with Crippen molar-refractivity contribution in [2.24, 2.45) is 0 Å². The van der Waals surface area contributed by atoms with Crippen molar-refractivity contribution in [3.63, 3.8) is 0 Å². The van der Waals surface area contributed by atoms with Crippen LogP contribution >= 0.6 is 0 Å². The molecule has 0 radical (unpaired) electrons. The smallest absolute Gasteiger partial charge is 0.254 e. The lowest BCUT2D eigenvalue weighted by Gasteiger charge is -2.22. The Morgan fingerprint density at radius 3 is 2.43 bits per heavy atom. The second kappa shape index (κ2) is 6.44. The molecule has 0 spiro atoms. The number of benzene rings is 2. The highest BCUT2D eigenvalue weighted by atomic mass is 16.2.